The molecule has 0 fully saturated rings. The first-order valence-electron chi connectivity index (χ1n) is 4.26. The van der Waals surface area contributed by atoms with Gasteiger partial charge in [0.25, 0.3) is 0 Å². The fourth-order valence-corrected chi connectivity index (χ4v) is 1.57. The molecule has 0 radical (unpaired) electrons. The van der Waals surface area contributed by atoms with Crippen molar-refractivity contribution in [2.24, 2.45) is 4.99 Å². The lowest BCUT2D eigenvalue weighted by Gasteiger charge is -2.06. The molecule has 6 heteroatoms. The Bertz CT molecular complexity index is 382. The molecule has 0 aromatic heterocycles. The molecule has 0 unspecified atom stereocenters. The Kier molecular flexibility index (Phi) is 4.53. The molecule has 0 atom stereocenters. The van der Waals surface area contributed by atoms with Gasteiger partial charge in [0.15, 0.2) is 5.96 Å². The van der Waals surface area contributed by atoms with Gasteiger partial charge in [-0.1, -0.05) is 0 Å². The van der Waals surface area contributed by atoms with E-state index in [4.69, 9.17) is 0 Å². The molecule has 0 aliphatic carbocycles. The molecule has 2 N–H and O–H groups in total. The van der Waals surface area contributed by atoms with E-state index in [1.165, 1.54) is 6.07 Å². The van der Waals surface area contributed by atoms with Crippen molar-refractivity contribution in [3.05, 3.63) is 28.5 Å². The van der Waals surface area contributed by atoms with E-state index in [2.05, 4.69) is 31.6 Å². The Morgan fingerprint density at radius 3 is 2.87 bits per heavy atom. The normalized spacial score (nSPS) is 13.9. The first-order valence-corrected chi connectivity index (χ1v) is 5.05. The van der Waals surface area contributed by atoms with Gasteiger partial charge in [-0.15, -0.1) is 17.0 Å². The highest BCUT2D eigenvalue weighted by atomic mass is 79.9. The number of guanidine groups is 1. The van der Waals surface area contributed by atoms with Crippen molar-refractivity contribution in [2.45, 2.75) is 0 Å². The molecular weight excluding hydrogens is 329 g/mol. The van der Waals surface area contributed by atoms with Crippen molar-refractivity contribution in [1.29, 1.82) is 0 Å². The van der Waals surface area contributed by atoms with Gasteiger partial charge in [0.1, 0.15) is 5.82 Å². The van der Waals surface area contributed by atoms with E-state index in [-0.39, 0.29) is 22.8 Å². The largest absolute Gasteiger partial charge is 0.354 e. The van der Waals surface area contributed by atoms with E-state index in [0.717, 1.165) is 24.7 Å². The van der Waals surface area contributed by atoms with Crippen LogP contribution in [0.2, 0.25) is 0 Å². The van der Waals surface area contributed by atoms with Crippen LogP contribution in [0.3, 0.4) is 0 Å². The Hall–Kier alpha value is -0.620. The molecular formula is C9H10Br2FN3. The molecule has 0 saturated heterocycles. The second-order valence-corrected chi connectivity index (χ2v) is 3.77. The lowest BCUT2D eigenvalue weighted by atomic mass is 10.3. The predicted molar refractivity (Wildman–Crippen MR) is 68.3 cm³/mol. The quantitative estimate of drug-likeness (QED) is 0.825. The third kappa shape index (κ3) is 3.17. The van der Waals surface area contributed by atoms with E-state index < -0.39 is 0 Å². The van der Waals surface area contributed by atoms with Crippen molar-refractivity contribution in [3.8, 4) is 0 Å². The van der Waals surface area contributed by atoms with Crippen molar-refractivity contribution in [2.75, 3.05) is 18.4 Å². The van der Waals surface area contributed by atoms with E-state index in [1.54, 1.807) is 12.1 Å². The molecule has 0 bridgehead atoms. The van der Waals surface area contributed by atoms with Crippen LogP contribution >= 0.6 is 32.9 Å². The number of nitrogens with zero attached hydrogens (tertiary/aromatic N) is 1. The van der Waals surface area contributed by atoms with Crippen LogP contribution in [-0.2, 0) is 0 Å². The monoisotopic (exact) mass is 337 g/mol. The van der Waals surface area contributed by atoms with E-state index >= 15 is 0 Å². The minimum atomic E-state index is -0.267. The lowest BCUT2D eigenvalue weighted by Crippen LogP contribution is -2.26. The summed E-state index contributed by atoms with van der Waals surface area (Å²) in [5.74, 6) is 0.473. The maximum atomic E-state index is 12.9. The van der Waals surface area contributed by atoms with Gasteiger partial charge in [-0.25, -0.2) is 4.39 Å². The molecule has 1 aromatic carbocycles. The van der Waals surface area contributed by atoms with Gasteiger partial charge in [0, 0.05) is 12.2 Å². The lowest BCUT2D eigenvalue weighted by molar-refractivity contribution is 0.621. The van der Waals surface area contributed by atoms with Crippen molar-refractivity contribution in [3.63, 3.8) is 0 Å². The van der Waals surface area contributed by atoms with Crippen LogP contribution in [0.15, 0.2) is 27.7 Å². The highest BCUT2D eigenvalue weighted by molar-refractivity contribution is 9.10. The standard InChI is InChI=1S/C9H9BrFN3.BrH/c10-7-5-6(1-2-8(7)11)14-9-12-3-4-13-9;/h1-2,5H,3-4H2,(H2,12,13,14);1H. The van der Waals surface area contributed by atoms with Gasteiger partial charge >= 0.3 is 0 Å². The maximum Gasteiger partial charge on any atom is 0.195 e. The summed E-state index contributed by atoms with van der Waals surface area (Å²) >= 11 is 3.12. The van der Waals surface area contributed by atoms with Crippen molar-refractivity contribution < 1.29 is 4.39 Å². The first-order chi connectivity index (χ1) is 6.75. The molecule has 3 nitrogen and oxygen atoms in total. The highest BCUT2D eigenvalue weighted by Gasteiger charge is 2.06. The van der Waals surface area contributed by atoms with Gasteiger partial charge in [-0.3, -0.25) is 4.99 Å². The summed E-state index contributed by atoms with van der Waals surface area (Å²) in [7, 11) is 0. The molecule has 0 spiro atoms. The third-order valence-electron chi connectivity index (χ3n) is 1.86. The summed E-state index contributed by atoms with van der Waals surface area (Å²) < 4.78 is 13.3. The maximum absolute atomic E-state index is 12.9. The molecule has 0 amide bonds. The number of rotatable bonds is 1. The summed E-state index contributed by atoms with van der Waals surface area (Å²) in [6.45, 7) is 1.63. The molecule has 1 aromatic rings. The van der Waals surface area contributed by atoms with Crippen LogP contribution in [-0.4, -0.2) is 19.0 Å². The van der Waals surface area contributed by atoms with E-state index in [9.17, 15) is 4.39 Å². The summed E-state index contributed by atoms with van der Waals surface area (Å²) in [6.07, 6.45) is 0. The summed E-state index contributed by atoms with van der Waals surface area (Å²) in [6, 6.07) is 4.75. The smallest absolute Gasteiger partial charge is 0.195 e. The molecule has 82 valence electrons. The van der Waals surface area contributed by atoms with Crippen LogP contribution in [0.4, 0.5) is 10.1 Å². The summed E-state index contributed by atoms with van der Waals surface area (Å²) in [5.41, 5.74) is 0.812. The van der Waals surface area contributed by atoms with Crippen LogP contribution in [0.5, 0.6) is 0 Å². The minimum Gasteiger partial charge on any atom is -0.354 e. The third-order valence-corrected chi connectivity index (χ3v) is 2.46. The Balaban J connectivity index is 0.00000112. The number of nitrogens with one attached hydrogen (secondary N) is 2. The second kappa shape index (κ2) is 5.46. The molecule has 1 heterocycles. The molecule has 15 heavy (non-hydrogen) atoms. The number of hydrogen-bond acceptors (Lipinski definition) is 3. The van der Waals surface area contributed by atoms with Crippen LogP contribution < -0.4 is 10.6 Å². The molecule has 1 aliphatic rings. The average Bonchev–Trinajstić information content (AvgIpc) is 2.64. The number of aliphatic imine (C=N–C) groups is 1. The Morgan fingerprint density at radius 2 is 2.27 bits per heavy atom. The van der Waals surface area contributed by atoms with Crippen LogP contribution in [0.25, 0.3) is 0 Å². The highest BCUT2D eigenvalue weighted by Crippen LogP contribution is 2.19. The van der Waals surface area contributed by atoms with E-state index in [0.29, 0.717) is 4.47 Å². The number of anilines is 1. The van der Waals surface area contributed by atoms with Crippen molar-refractivity contribution >= 4 is 44.6 Å². The Morgan fingerprint density at radius 1 is 1.47 bits per heavy atom. The zero-order valence-corrected chi connectivity index (χ0v) is 11.1. The average molecular weight is 339 g/mol. The molecule has 2 rings (SSSR count). The minimum absolute atomic E-state index is 0. The van der Waals surface area contributed by atoms with Crippen LogP contribution in [0.1, 0.15) is 0 Å². The fourth-order valence-electron chi connectivity index (χ4n) is 1.19. The molecule has 1 aliphatic heterocycles. The van der Waals surface area contributed by atoms with Crippen LogP contribution in [0, 0.1) is 5.82 Å². The van der Waals surface area contributed by atoms with Crippen molar-refractivity contribution in [1.82, 2.24) is 5.32 Å². The van der Waals surface area contributed by atoms with E-state index in [1.807, 2.05) is 0 Å². The number of benzene rings is 1. The summed E-state index contributed by atoms with van der Waals surface area (Å²) in [4.78, 5) is 4.17. The Labute approximate surface area is 106 Å². The molecule has 0 saturated carbocycles. The zero-order chi connectivity index (χ0) is 9.97. The van der Waals surface area contributed by atoms with Gasteiger partial charge in [0.2, 0.25) is 0 Å². The van der Waals surface area contributed by atoms with Gasteiger partial charge in [-0.05, 0) is 34.1 Å². The van der Waals surface area contributed by atoms with Gasteiger partial charge in [-0.2, -0.15) is 0 Å². The summed E-state index contributed by atoms with van der Waals surface area (Å²) in [5, 5.41) is 6.12. The predicted octanol–water partition coefficient (Wildman–Crippen LogP) is 2.54. The fraction of sp³-hybridized carbons (Fsp3) is 0.222. The first kappa shape index (κ1) is 12.4. The van der Waals surface area contributed by atoms with Gasteiger partial charge in [0.05, 0.1) is 11.0 Å². The second-order valence-electron chi connectivity index (χ2n) is 2.91. The zero-order valence-electron chi connectivity index (χ0n) is 7.76. The van der Waals surface area contributed by atoms with Gasteiger partial charge < -0.3 is 10.6 Å². The SMILES string of the molecule is Br.Fc1ccc(NC2=NCCN2)cc1Br. The topological polar surface area (TPSA) is 36.4 Å². The number of halogens is 3. The number of hydrogen-bond donors (Lipinski definition) is 2.